The molecule has 5 heteroatoms. The average molecular weight is 360 g/mol. The topological polar surface area (TPSA) is 39.9 Å². The Bertz CT molecular complexity index is 758. The van der Waals surface area contributed by atoms with Gasteiger partial charge >= 0.3 is 0 Å². The number of aromatic nitrogens is 3. The molecule has 2 aromatic rings. The molecule has 0 saturated heterocycles. The summed E-state index contributed by atoms with van der Waals surface area (Å²) < 4.78 is 7.28. The van der Waals surface area contributed by atoms with Crippen LogP contribution >= 0.6 is 11.6 Å². The number of hydrogen-bond acceptors (Lipinski definition) is 3. The van der Waals surface area contributed by atoms with E-state index in [-0.39, 0.29) is 0 Å². The Morgan fingerprint density at radius 3 is 2.52 bits per heavy atom. The van der Waals surface area contributed by atoms with Crippen molar-refractivity contribution in [2.24, 2.45) is 5.92 Å². The quantitative estimate of drug-likeness (QED) is 0.593. The second kappa shape index (κ2) is 8.34. The third-order valence-corrected chi connectivity index (χ3v) is 4.18. The lowest BCUT2D eigenvalue weighted by molar-refractivity contribution is 0.269. The Morgan fingerprint density at radius 1 is 1.32 bits per heavy atom. The minimum absolute atomic E-state index is 0.353. The second-order valence-electron chi connectivity index (χ2n) is 6.71. The van der Waals surface area contributed by atoms with Crippen LogP contribution in [-0.4, -0.2) is 21.6 Å². The molecular formula is C20H26ClN3O. The van der Waals surface area contributed by atoms with E-state index in [1.54, 1.807) is 17.8 Å². The zero-order chi connectivity index (χ0) is 18.6. The lowest BCUT2D eigenvalue weighted by Crippen LogP contribution is -2.01. The van der Waals surface area contributed by atoms with Gasteiger partial charge in [-0.2, -0.15) is 0 Å². The molecule has 0 aliphatic rings. The molecule has 2 aromatic heterocycles. The highest BCUT2D eigenvalue weighted by molar-refractivity contribution is 6.29. The first kappa shape index (κ1) is 19.3. The Kier molecular flexibility index (Phi) is 6.43. The second-order valence-corrected chi connectivity index (χ2v) is 7.05. The minimum Gasteiger partial charge on any atom is -0.501 e. The van der Waals surface area contributed by atoms with Gasteiger partial charge in [0.05, 0.1) is 24.3 Å². The molecular weight excluding hydrogens is 334 g/mol. The molecule has 0 aliphatic carbocycles. The summed E-state index contributed by atoms with van der Waals surface area (Å²) in [5.74, 6) is 2.50. The SMILES string of the molecule is C=Cc1c(/C=C(\CC(C)C)OC)nc(Cl)n1-c1ccc(C(C)C)cn1. The predicted octanol–water partition coefficient (Wildman–Crippen LogP) is 5.72. The molecule has 0 fully saturated rings. The molecule has 0 amide bonds. The maximum atomic E-state index is 6.39. The van der Waals surface area contributed by atoms with Gasteiger partial charge in [0.2, 0.25) is 5.28 Å². The number of rotatable bonds is 7. The van der Waals surface area contributed by atoms with Crippen LogP contribution in [0, 0.1) is 5.92 Å². The number of nitrogens with zero attached hydrogens (tertiary/aromatic N) is 3. The standard InChI is InChI=1S/C20H26ClN3O/c1-7-18-17(11-16(25-6)10-13(2)3)23-20(21)24(18)19-9-8-15(12-22-19)14(4)5/h7-9,11-14H,1,10H2,2-6H3/b16-11+. The third kappa shape index (κ3) is 4.51. The van der Waals surface area contributed by atoms with Gasteiger partial charge in [-0.05, 0) is 41.1 Å². The molecule has 134 valence electrons. The largest absolute Gasteiger partial charge is 0.501 e. The van der Waals surface area contributed by atoms with Gasteiger partial charge in [-0.3, -0.25) is 4.57 Å². The minimum atomic E-state index is 0.353. The van der Waals surface area contributed by atoms with E-state index in [1.807, 2.05) is 18.3 Å². The van der Waals surface area contributed by atoms with Gasteiger partial charge in [0.25, 0.3) is 0 Å². The molecule has 0 spiro atoms. The molecule has 2 rings (SSSR count). The smallest absolute Gasteiger partial charge is 0.209 e. The highest BCUT2D eigenvalue weighted by Gasteiger charge is 2.16. The van der Waals surface area contributed by atoms with Crippen molar-refractivity contribution in [1.29, 1.82) is 0 Å². The van der Waals surface area contributed by atoms with E-state index >= 15 is 0 Å². The van der Waals surface area contributed by atoms with E-state index in [9.17, 15) is 0 Å². The van der Waals surface area contributed by atoms with Crippen molar-refractivity contribution >= 4 is 23.8 Å². The van der Waals surface area contributed by atoms with Crippen molar-refractivity contribution in [2.45, 2.75) is 40.0 Å². The first-order valence-electron chi connectivity index (χ1n) is 8.48. The van der Waals surface area contributed by atoms with E-state index in [0.29, 0.717) is 17.1 Å². The third-order valence-electron chi connectivity index (χ3n) is 3.93. The van der Waals surface area contributed by atoms with Crippen LogP contribution in [0.5, 0.6) is 0 Å². The zero-order valence-electron chi connectivity index (χ0n) is 15.6. The lowest BCUT2D eigenvalue weighted by Gasteiger charge is -2.10. The molecule has 0 aromatic carbocycles. The molecule has 0 aliphatic heterocycles. The van der Waals surface area contributed by atoms with Gasteiger partial charge in [-0.25, -0.2) is 9.97 Å². The maximum absolute atomic E-state index is 6.39. The monoisotopic (exact) mass is 359 g/mol. The molecule has 4 nitrogen and oxygen atoms in total. The van der Waals surface area contributed by atoms with Crippen molar-refractivity contribution in [1.82, 2.24) is 14.5 Å². The number of hydrogen-bond donors (Lipinski definition) is 0. The van der Waals surface area contributed by atoms with E-state index in [0.717, 1.165) is 29.4 Å². The summed E-state index contributed by atoms with van der Waals surface area (Å²) >= 11 is 6.39. The fourth-order valence-electron chi connectivity index (χ4n) is 2.57. The first-order chi connectivity index (χ1) is 11.9. The summed E-state index contributed by atoms with van der Waals surface area (Å²) in [7, 11) is 1.67. The van der Waals surface area contributed by atoms with Crippen molar-refractivity contribution in [3.05, 3.63) is 52.9 Å². The average Bonchev–Trinajstić information content (AvgIpc) is 2.88. The van der Waals surface area contributed by atoms with Gasteiger partial charge in [0, 0.05) is 18.7 Å². The Labute approximate surface area is 155 Å². The summed E-state index contributed by atoms with van der Waals surface area (Å²) in [6.45, 7) is 12.5. The molecule has 0 radical (unpaired) electrons. The van der Waals surface area contributed by atoms with Gasteiger partial charge in [-0.15, -0.1) is 0 Å². The summed E-state index contributed by atoms with van der Waals surface area (Å²) in [5.41, 5.74) is 2.71. The molecule has 0 unspecified atom stereocenters. The normalized spacial score (nSPS) is 12.1. The molecule has 0 atom stereocenters. The predicted molar refractivity (Wildman–Crippen MR) is 105 cm³/mol. The molecule has 0 bridgehead atoms. The zero-order valence-corrected chi connectivity index (χ0v) is 16.3. The van der Waals surface area contributed by atoms with Crippen LogP contribution in [0.25, 0.3) is 18.0 Å². The lowest BCUT2D eigenvalue weighted by atomic mass is 10.1. The molecule has 2 heterocycles. The summed E-state index contributed by atoms with van der Waals surface area (Å²) in [6.07, 6.45) is 6.37. The molecule has 25 heavy (non-hydrogen) atoms. The van der Waals surface area contributed by atoms with Crippen molar-refractivity contribution < 1.29 is 4.74 Å². The highest BCUT2D eigenvalue weighted by Crippen LogP contribution is 2.26. The van der Waals surface area contributed by atoms with Gasteiger partial charge in [-0.1, -0.05) is 40.3 Å². The maximum Gasteiger partial charge on any atom is 0.209 e. The number of methoxy groups -OCH3 is 1. The van der Waals surface area contributed by atoms with Crippen LogP contribution in [0.4, 0.5) is 0 Å². The Balaban J connectivity index is 2.49. The van der Waals surface area contributed by atoms with E-state index < -0.39 is 0 Å². The number of halogens is 1. The van der Waals surface area contributed by atoms with E-state index in [4.69, 9.17) is 16.3 Å². The first-order valence-corrected chi connectivity index (χ1v) is 8.86. The number of allylic oxidation sites excluding steroid dienone is 1. The van der Waals surface area contributed by atoms with Crippen LogP contribution in [0.2, 0.25) is 5.28 Å². The molecule has 0 N–H and O–H groups in total. The van der Waals surface area contributed by atoms with Crippen molar-refractivity contribution in [3.8, 4) is 5.82 Å². The van der Waals surface area contributed by atoms with Gasteiger partial charge < -0.3 is 4.74 Å². The Morgan fingerprint density at radius 2 is 2.04 bits per heavy atom. The summed E-state index contributed by atoms with van der Waals surface area (Å²) in [5, 5.41) is 0.353. The van der Waals surface area contributed by atoms with Crippen molar-refractivity contribution in [2.75, 3.05) is 7.11 Å². The Hall–Kier alpha value is -2.07. The van der Waals surface area contributed by atoms with Crippen LogP contribution in [-0.2, 0) is 4.74 Å². The van der Waals surface area contributed by atoms with E-state index in [1.165, 1.54) is 5.56 Å². The molecule has 0 saturated carbocycles. The van der Waals surface area contributed by atoms with E-state index in [2.05, 4.69) is 50.3 Å². The number of imidazole rings is 1. The van der Waals surface area contributed by atoms with Crippen molar-refractivity contribution in [3.63, 3.8) is 0 Å². The fraction of sp³-hybridized carbons (Fsp3) is 0.400. The number of pyridine rings is 1. The van der Waals surface area contributed by atoms with Crippen LogP contribution in [0.3, 0.4) is 0 Å². The number of ether oxygens (including phenoxy) is 1. The van der Waals surface area contributed by atoms with Gasteiger partial charge in [0.1, 0.15) is 5.82 Å². The summed E-state index contributed by atoms with van der Waals surface area (Å²) in [6, 6.07) is 4.01. The van der Waals surface area contributed by atoms with Crippen LogP contribution < -0.4 is 0 Å². The van der Waals surface area contributed by atoms with Crippen LogP contribution in [0.1, 0.15) is 57.0 Å². The fourth-order valence-corrected chi connectivity index (χ4v) is 2.84. The van der Waals surface area contributed by atoms with Gasteiger partial charge in [0.15, 0.2) is 0 Å². The summed E-state index contributed by atoms with van der Waals surface area (Å²) in [4.78, 5) is 9.01. The van der Waals surface area contributed by atoms with Crippen LogP contribution in [0.15, 0.2) is 30.7 Å². The highest BCUT2D eigenvalue weighted by atomic mass is 35.5.